The molecule has 0 radical (unpaired) electrons. The molecule has 180 valence electrons. The number of nitrogens with zero attached hydrogens (tertiary/aromatic N) is 2. The third kappa shape index (κ3) is 6.46. The Morgan fingerprint density at radius 1 is 1.00 bits per heavy atom. The molecule has 5 heteroatoms. The second-order valence-electron chi connectivity index (χ2n) is 9.69. The summed E-state index contributed by atoms with van der Waals surface area (Å²) in [6.07, 6.45) is 3.63. The number of benzene rings is 2. The summed E-state index contributed by atoms with van der Waals surface area (Å²) in [6.45, 7) is 12.4. The fourth-order valence-electron chi connectivity index (χ4n) is 4.80. The van der Waals surface area contributed by atoms with Crippen LogP contribution in [-0.2, 0) is 4.74 Å². The zero-order chi connectivity index (χ0) is 23.0. The lowest BCUT2D eigenvalue weighted by molar-refractivity contribution is 0.0563. The van der Waals surface area contributed by atoms with E-state index in [-0.39, 0.29) is 0 Å². The van der Waals surface area contributed by atoms with Crippen LogP contribution >= 0.6 is 11.8 Å². The second-order valence-corrected chi connectivity index (χ2v) is 10.8. The summed E-state index contributed by atoms with van der Waals surface area (Å²) in [5, 5.41) is 0. The molecule has 0 N–H and O–H groups in total. The zero-order valence-electron chi connectivity index (χ0n) is 20.5. The highest BCUT2D eigenvalue weighted by molar-refractivity contribution is 7.99. The van der Waals surface area contributed by atoms with Crippen molar-refractivity contribution < 1.29 is 9.47 Å². The Bertz CT molecular complexity index is 851. The molecule has 4 rings (SSSR count). The monoisotopic (exact) mass is 468 g/mol. The van der Waals surface area contributed by atoms with Crippen LogP contribution in [0.25, 0.3) is 0 Å². The Kier molecular flexibility index (Phi) is 8.99. The summed E-state index contributed by atoms with van der Waals surface area (Å²) in [5.74, 6) is 2.59. The van der Waals surface area contributed by atoms with Gasteiger partial charge in [-0.25, -0.2) is 0 Å². The molecule has 33 heavy (non-hydrogen) atoms. The number of hydrogen-bond acceptors (Lipinski definition) is 5. The molecule has 2 aliphatic heterocycles. The standard InChI is InChI=1S/C28H40N2O2S/c1-4-17-32-25-13-11-23(12-14-25)27-21-33-28-10-6-5-9-26(28)30(27)18-24(20-31-19-22(2)3)29-15-7-8-16-29/h5-6,9-14,22,24,27H,4,7-8,15-21H2,1-3H3. The van der Waals surface area contributed by atoms with Gasteiger partial charge in [-0.1, -0.05) is 45.0 Å². The van der Waals surface area contributed by atoms with Crippen LogP contribution in [0, 0.1) is 5.92 Å². The minimum absolute atomic E-state index is 0.348. The van der Waals surface area contributed by atoms with Gasteiger partial charge in [0.05, 0.1) is 31.0 Å². The molecule has 1 saturated heterocycles. The van der Waals surface area contributed by atoms with Gasteiger partial charge >= 0.3 is 0 Å². The van der Waals surface area contributed by atoms with E-state index >= 15 is 0 Å². The molecule has 2 aromatic carbocycles. The molecule has 2 aliphatic rings. The van der Waals surface area contributed by atoms with E-state index in [0.29, 0.717) is 18.0 Å². The van der Waals surface area contributed by atoms with Crippen LogP contribution in [0.5, 0.6) is 5.75 Å². The minimum Gasteiger partial charge on any atom is -0.494 e. The van der Waals surface area contributed by atoms with E-state index < -0.39 is 0 Å². The van der Waals surface area contributed by atoms with Crippen LogP contribution in [0.3, 0.4) is 0 Å². The predicted molar refractivity (Wildman–Crippen MR) is 140 cm³/mol. The Morgan fingerprint density at radius 3 is 2.48 bits per heavy atom. The number of ether oxygens (including phenoxy) is 2. The molecule has 2 atom stereocenters. The van der Waals surface area contributed by atoms with E-state index in [1.807, 2.05) is 11.8 Å². The Hall–Kier alpha value is -1.69. The smallest absolute Gasteiger partial charge is 0.119 e. The van der Waals surface area contributed by atoms with Gasteiger partial charge in [0, 0.05) is 23.8 Å². The zero-order valence-corrected chi connectivity index (χ0v) is 21.4. The topological polar surface area (TPSA) is 24.9 Å². The molecule has 1 fully saturated rings. The van der Waals surface area contributed by atoms with Crippen molar-refractivity contribution in [2.45, 2.75) is 57.0 Å². The molecule has 4 nitrogen and oxygen atoms in total. The number of fused-ring (bicyclic) bond motifs is 1. The second kappa shape index (κ2) is 12.1. The number of thioether (sulfide) groups is 1. The number of para-hydroxylation sites is 1. The normalized spacial score (nSPS) is 19.6. The lowest BCUT2D eigenvalue weighted by atomic mass is 10.0. The summed E-state index contributed by atoms with van der Waals surface area (Å²) in [4.78, 5) is 6.69. The first-order chi connectivity index (χ1) is 16.2. The van der Waals surface area contributed by atoms with Crippen molar-refractivity contribution >= 4 is 17.4 Å². The summed E-state index contributed by atoms with van der Waals surface area (Å²) >= 11 is 1.98. The quantitative estimate of drug-likeness (QED) is 0.387. The van der Waals surface area contributed by atoms with Gasteiger partial charge in [-0.2, -0.15) is 0 Å². The van der Waals surface area contributed by atoms with Gasteiger partial charge in [-0.3, -0.25) is 4.90 Å². The van der Waals surface area contributed by atoms with Crippen LogP contribution in [0.15, 0.2) is 53.4 Å². The molecule has 2 heterocycles. The Labute approximate surface area is 204 Å². The molecular weight excluding hydrogens is 428 g/mol. The third-order valence-electron chi connectivity index (χ3n) is 6.51. The SMILES string of the molecule is CCCOc1ccc(C2CSc3ccccc3N2CC(COCC(C)C)N2CCCC2)cc1. The fraction of sp³-hybridized carbons (Fsp3) is 0.571. The molecule has 0 bridgehead atoms. The average molecular weight is 469 g/mol. The Balaban J connectivity index is 1.57. The number of hydrogen-bond donors (Lipinski definition) is 0. The number of rotatable bonds is 11. The van der Waals surface area contributed by atoms with Crippen molar-refractivity contribution in [3.05, 3.63) is 54.1 Å². The first kappa shape index (κ1) is 24.4. The molecular formula is C28H40N2O2S. The maximum Gasteiger partial charge on any atom is 0.119 e. The highest BCUT2D eigenvalue weighted by Crippen LogP contribution is 2.43. The molecule has 0 amide bonds. The molecule has 0 spiro atoms. The lowest BCUT2D eigenvalue weighted by Crippen LogP contribution is -2.48. The molecule has 0 aromatic heterocycles. The molecule has 2 aromatic rings. The summed E-state index contributed by atoms with van der Waals surface area (Å²) < 4.78 is 12.0. The largest absolute Gasteiger partial charge is 0.494 e. The van der Waals surface area contributed by atoms with Gasteiger partial charge in [0.1, 0.15) is 5.75 Å². The molecule has 0 aliphatic carbocycles. The van der Waals surface area contributed by atoms with E-state index in [0.717, 1.165) is 44.3 Å². The first-order valence-electron chi connectivity index (χ1n) is 12.7. The van der Waals surface area contributed by atoms with Crippen LogP contribution < -0.4 is 9.64 Å². The van der Waals surface area contributed by atoms with Crippen molar-refractivity contribution in [1.82, 2.24) is 4.90 Å². The van der Waals surface area contributed by atoms with Gasteiger partial charge in [0.25, 0.3) is 0 Å². The van der Waals surface area contributed by atoms with Gasteiger partial charge in [0.15, 0.2) is 0 Å². The van der Waals surface area contributed by atoms with Gasteiger partial charge in [0.2, 0.25) is 0 Å². The van der Waals surface area contributed by atoms with Crippen LogP contribution in [-0.4, -0.2) is 56.1 Å². The Morgan fingerprint density at radius 2 is 1.76 bits per heavy atom. The van der Waals surface area contributed by atoms with Crippen molar-refractivity contribution in [3.63, 3.8) is 0 Å². The predicted octanol–water partition coefficient (Wildman–Crippen LogP) is 6.27. The van der Waals surface area contributed by atoms with Crippen molar-refractivity contribution in [2.75, 3.05) is 50.1 Å². The van der Waals surface area contributed by atoms with Gasteiger partial charge < -0.3 is 14.4 Å². The van der Waals surface area contributed by atoms with Crippen LogP contribution in [0.4, 0.5) is 5.69 Å². The maximum atomic E-state index is 6.20. The molecule has 2 unspecified atom stereocenters. The van der Waals surface area contributed by atoms with Crippen LogP contribution in [0.2, 0.25) is 0 Å². The summed E-state index contributed by atoms with van der Waals surface area (Å²) in [7, 11) is 0. The number of anilines is 1. The lowest BCUT2D eigenvalue weighted by Gasteiger charge is -2.42. The highest BCUT2D eigenvalue weighted by atomic mass is 32.2. The minimum atomic E-state index is 0.348. The average Bonchev–Trinajstić information content (AvgIpc) is 3.37. The van der Waals surface area contributed by atoms with E-state index in [2.05, 4.69) is 79.1 Å². The summed E-state index contributed by atoms with van der Waals surface area (Å²) in [6, 6.07) is 18.5. The van der Waals surface area contributed by atoms with E-state index in [4.69, 9.17) is 9.47 Å². The van der Waals surface area contributed by atoms with Gasteiger partial charge in [-0.05, 0) is 68.1 Å². The third-order valence-corrected chi connectivity index (χ3v) is 7.65. The number of likely N-dealkylation sites (tertiary alicyclic amines) is 1. The van der Waals surface area contributed by atoms with E-state index in [1.165, 1.54) is 42.1 Å². The first-order valence-corrected chi connectivity index (χ1v) is 13.7. The fourth-order valence-corrected chi connectivity index (χ4v) is 6.02. The maximum absolute atomic E-state index is 6.20. The van der Waals surface area contributed by atoms with Crippen LogP contribution in [0.1, 0.15) is 51.6 Å². The van der Waals surface area contributed by atoms with E-state index in [9.17, 15) is 0 Å². The highest BCUT2D eigenvalue weighted by Gasteiger charge is 2.32. The van der Waals surface area contributed by atoms with E-state index in [1.54, 1.807) is 0 Å². The van der Waals surface area contributed by atoms with Crippen molar-refractivity contribution in [2.24, 2.45) is 5.92 Å². The molecule has 0 saturated carbocycles. The summed E-state index contributed by atoms with van der Waals surface area (Å²) in [5.41, 5.74) is 2.72. The van der Waals surface area contributed by atoms with Crippen molar-refractivity contribution in [1.29, 1.82) is 0 Å². The van der Waals surface area contributed by atoms with Crippen molar-refractivity contribution in [3.8, 4) is 5.75 Å². The van der Waals surface area contributed by atoms with Gasteiger partial charge in [-0.15, -0.1) is 11.8 Å².